The van der Waals surface area contributed by atoms with Crippen molar-refractivity contribution in [1.29, 1.82) is 0 Å². The van der Waals surface area contributed by atoms with Crippen LogP contribution in [-0.2, 0) is 9.53 Å². The molecule has 1 atom stereocenters. The zero-order chi connectivity index (χ0) is 20.6. The first-order valence-corrected chi connectivity index (χ1v) is 9.65. The summed E-state index contributed by atoms with van der Waals surface area (Å²) in [6.07, 6.45) is 2.03. The summed E-state index contributed by atoms with van der Waals surface area (Å²) in [5.41, 5.74) is 1.23. The molecule has 0 saturated heterocycles. The van der Waals surface area contributed by atoms with E-state index in [1.165, 1.54) is 0 Å². The number of fused-ring (bicyclic) bond motifs is 1. The monoisotopic (exact) mass is 399 g/mol. The Labute approximate surface area is 169 Å². The van der Waals surface area contributed by atoms with E-state index in [2.05, 4.69) is 12.2 Å². The smallest absolute Gasteiger partial charge is 0.338 e. The predicted molar refractivity (Wildman–Crippen MR) is 106 cm³/mol. The summed E-state index contributed by atoms with van der Waals surface area (Å²) in [6, 6.07) is 11.9. The van der Waals surface area contributed by atoms with Crippen LogP contribution in [0, 0.1) is 0 Å². The molecule has 7 nitrogen and oxygen atoms in total. The molecule has 0 saturated carbocycles. The maximum atomic E-state index is 12.1. The number of benzene rings is 2. The number of hydrogen-bond acceptors (Lipinski definition) is 6. The van der Waals surface area contributed by atoms with Crippen LogP contribution < -0.4 is 19.5 Å². The zero-order valence-electron chi connectivity index (χ0n) is 16.6. The van der Waals surface area contributed by atoms with Gasteiger partial charge < -0.3 is 24.3 Å². The van der Waals surface area contributed by atoms with E-state index in [0.29, 0.717) is 29.4 Å². The molecule has 1 aliphatic rings. The minimum atomic E-state index is -0.559. The molecule has 154 valence electrons. The molecule has 1 aliphatic heterocycles. The highest BCUT2D eigenvalue weighted by molar-refractivity contribution is 5.91. The number of nitrogens with one attached hydrogen (secondary N) is 1. The van der Waals surface area contributed by atoms with E-state index in [-0.39, 0.29) is 25.3 Å². The molecule has 3 rings (SSSR count). The van der Waals surface area contributed by atoms with Crippen molar-refractivity contribution in [3.05, 3.63) is 53.6 Å². The van der Waals surface area contributed by atoms with Gasteiger partial charge in [-0.05, 0) is 55.3 Å². The summed E-state index contributed by atoms with van der Waals surface area (Å²) < 4.78 is 21.3. The molecule has 1 amide bonds. The van der Waals surface area contributed by atoms with Crippen molar-refractivity contribution in [3.8, 4) is 17.2 Å². The molecule has 1 N–H and O–H groups in total. The fraction of sp³-hybridized carbons (Fsp3) is 0.364. The largest absolute Gasteiger partial charge is 0.494 e. The molecule has 0 unspecified atom stereocenters. The minimum Gasteiger partial charge on any atom is -0.494 e. The second-order valence-electron chi connectivity index (χ2n) is 6.70. The van der Waals surface area contributed by atoms with Gasteiger partial charge in [-0.2, -0.15) is 0 Å². The van der Waals surface area contributed by atoms with Crippen molar-refractivity contribution in [2.45, 2.75) is 32.7 Å². The average Bonchev–Trinajstić information content (AvgIpc) is 3.20. The fourth-order valence-corrected chi connectivity index (χ4v) is 2.78. The number of ether oxygens (including phenoxy) is 4. The Hall–Kier alpha value is -3.22. The van der Waals surface area contributed by atoms with Crippen LogP contribution in [0.25, 0.3) is 0 Å². The van der Waals surface area contributed by atoms with E-state index in [0.717, 1.165) is 18.4 Å². The predicted octanol–water partition coefficient (Wildman–Crippen LogP) is 3.63. The molecular weight excluding hydrogens is 374 g/mol. The Bertz CT molecular complexity index is 849. The summed E-state index contributed by atoms with van der Waals surface area (Å²) in [7, 11) is 0. The highest BCUT2D eigenvalue weighted by atomic mass is 16.7. The molecule has 2 aromatic carbocycles. The first-order chi connectivity index (χ1) is 14.1. The Morgan fingerprint density at radius 3 is 2.62 bits per heavy atom. The number of amides is 1. The van der Waals surface area contributed by atoms with Crippen LogP contribution in [0.15, 0.2) is 42.5 Å². The van der Waals surface area contributed by atoms with Gasteiger partial charge in [0.15, 0.2) is 18.1 Å². The number of carbonyl (C=O) groups is 2. The molecule has 0 bridgehead atoms. The Morgan fingerprint density at radius 1 is 1.10 bits per heavy atom. The summed E-state index contributed by atoms with van der Waals surface area (Å²) >= 11 is 0. The molecule has 1 heterocycles. The third kappa shape index (κ3) is 5.63. The maximum Gasteiger partial charge on any atom is 0.338 e. The minimum absolute atomic E-state index is 0.196. The topological polar surface area (TPSA) is 83.1 Å². The van der Waals surface area contributed by atoms with Gasteiger partial charge in [0.2, 0.25) is 6.79 Å². The molecule has 0 spiro atoms. The molecule has 2 aromatic rings. The van der Waals surface area contributed by atoms with Crippen molar-refractivity contribution in [2.75, 3.05) is 20.0 Å². The van der Waals surface area contributed by atoms with Crippen LogP contribution in [0.1, 0.15) is 48.7 Å². The molecule has 7 heteroatoms. The van der Waals surface area contributed by atoms with E-state index in [9.17, 15) is 9.59 Å². The van der Waals surface area contributed by atoms with Gasteiger partial charge in [-0.3, -0.25) is 4.79 Å². The van der Waals surface area contributed by atoms with Crippen LogP contribution in [0.3, 0.4) is 0 Å². The van der Waals surface area contributed by atoms with Gasteiger partial charge in [-0.15, -0.1) is 0 Å². The van der Waals surface area contributed by atoms with Gasteiger partial charge in [0.1, 0.15) is 5.75 Å². The second kappa shape index (κ2) is 9.82. The van der Waals surface area contributed by atoms with E-state index in [1.54, 1.807) is 30.3 Å². The lowest BCUT2D eigenvalue weighted by Gasteiger charge is -2.15. The van der Waals surface area contributed by atoms with Gasteiger partial charge >= 0.3 is 5.97 Å². The number of esters is 1. The lowest BCUT2D eigenvalue weighted by atomic mass is 10.1. The lowest BCUT2D eigenvalue weighted by molar-refractivity contribution is -0.124. The third-order valence-electron chi connectivity index (χ3n) is 4.47. The highest BCUT2D eigenvalue weighted by Crippen LogP contribution is 2.34. The van der Waals surface area contributed by atoms with E-state index in [1.807, 2.05) is 19.1 Å². The van der Waals surface area contributed by atoms with Gasteiger partial charge in [-0.25, -0.2) is 4.79 Å². The van der Waals surface area contributed by atoms with Gasteiger partial charge in [-0.1, -0.05) is 19.4 Å². The fourth-order valence-electron chi connectivity index (χ4n) is 2.78. The van der Waals surface area contributed by atoms with Crippen molar-refractivity contribution in [2.24, 2.45) is 0 Å². The molecule has 0 radical (unpaired) electrons. The third-order valence-corrected chi connectivity index (χ3v) is 4.47. The highest BCUT2D eigenvalue weighted by Gasteiger charge is 2.17. The van der Waals surface area contributed by atoms with E-state index < -0.39 is 5.97 Å². The standard InChI is InChI=1S/C22H25NO6/c1-3-4-11-26-18-8-5-16(6-9-18)22(25)27-13-21(24)23-15(2)17-7-10-19-20(12-17)29-14-28-19/h5-10,12,15H,3-4,11,13-14H2,1-2H3,(H,23,24)/t15-/m0/s1. The maximum absolute atomic E-state index is 12.1. The van der Waals surface area contributed by atoms with Crippen LogP contribution in [0.2, 0.25) is 0 Å². The average molecular weight is 399 g/mol. The van der Waals surface area contributed by atoms with E-state index >= 15 is 0 Å². The zero-order valence-corrected chi connectivity index (χ0v) is 16.6. The Kier molecular flexibility index (Phi) is 6.94. The first-order valence-electron chi connectivity index (χ1n) is 9.65. The normalized spacial score (nSPS) is 12.9. The Balaban J connectivity index is 1.45. The van der Waals surface area contributed by atoms with E-state index in [4.69, 9.17) is 18.9 Å². The second-order valence-corrected chi connectivity index (χ2v) is 6.70. The van der Waals surface area contributed by atoms with Crippen molar-refractivity contribution >= 4 is 11.9 Å². The quantitative estimate of drug-likeness (QED) is 0.512. The summed E-state index contributed by atoms with van der Waals surface area (Å²) in [4.78, 5) is 24.3. The lowest BCUT2D eigenvalue weighted by Crippen LogP contribution is -2.31. The van der Waals surface area contributed by atoms with Crippen molar-refractivity contribution < 1.29 is 28.5 Å². The molecule has 0 aromatic heterocycles. The van der Waals surface area contributed by atoms with Crippen molar-refractivity contribution in [3.63, 3.8) is 0 Å². The number of carbonyl (C=O) groups excluding carboxylic acids is 2. The molecule has 0 aliphatic carbocycles. The van der Waals surface area contributed by atoms with Crippen LogP contribution in [0.4, 0.5) is 0 Å². The van der Waals surface area contributed by atoms with Crippen LogP contribution in [-0.4, -0.2) is 31.9 Å². The van der Waals surface area contributed by atoms with Crippen molar-refractivity contribution in [1.82, 2.24) is 5.32 Å². The summed E-state index contributed by atoms with van der Waals surface area (Å²) in [6.45, 7) is 4.41. The number of unbranched alkanes of at least 4 members (excludes halogenated alkanes) is 1. The molecule has 0 fully saturated rings. The van der Waals surface area contributed by atoms with Crippen LogP contribution in [0.5, 0.6) is 17.2 Å². The Morgan fingerprint density at radius 2 is 1.86 bits per heavy atom. The number of rotatable bonds is 9. The van der Waals surface area contributed by atoms with Crippen LogP contribution >= 0.6 is 0 Å². The van der Waals surface area contributed by atoms with Gasteiger partial charge in [0.25, 0.3) is 5.91 Å². The van der Waals surface area contributed by atoms with Gasteiger partial charge in [0, 0.05) is 0 Å². The SMILES string of the molecule is CCCCOc1ccc(C(=O)OCC(=O)N[C@@H](C)c2ccc3c(c2)OCO3)cc1. The molecule has 29 heavy (non-hydrogen) atoms. The van der Waals surface area contributed by atoms with Gasteiger partial charge in [0.05, 0.1) is 18.2 Å². The summed E-state index contributed by atoms with van der Waals surface area (Å²) in [5.74, 6) is 1.09. The first kappa shape index (κ1) is 20.5. The number of hydrogen-bond donors (Lipinski definition) is 1. The molecular formula is C22H25NO6. The summed E-state index contributed by atoms with van der Waals surface area (Å²) in [5, 5.41) is 2.80.